The van der Waals surface area contributed by atoms with Crippen molar-refractivity contribution in [2.24, 2.45) is 0 Å². The number of aromatic nitrogens is 5. The van der Waals surface area contributed by atoms with E-state index in [1.54, 1.807) is 11.8 Å². The summed E-state index contributed by atoms with van der Waals surface area (Å²) in [5.41, 5.74) is -1.02. The van der Waals surface area contributed by atoms with Crippen LogP contribution in [0.3, 0.4) is 0 Å². The maximum absolute atomic E-state index is 12.5. The molecule has 136 valence electrons. The summed E-state index contributed by atoms with van der Waals surface area (Å²) in [4.78, 5) is 16.4. The average Bonchev–Trinajstić information content (AvgIpc) is 3.13. The Morgan fingerprint density at radius 3 is 2.92 bits per heavy atom. The highest BCUT2D eigenvalue weighted by Gasteiger charge is 2.33. The molecule has 1 aliphatic heterocycles. The molecular formula is C14H17F3N6O2. The highest BCUT2D eigenvalue weighted by molar-refractivity contribution is 5.75. The number of halogens is 3. The highest BCUT2D eigenvalue weighted by atomic mass is 19.4. The maximum Gasteiger partial charge on any atom is 0.435 e. The van der Waals surface area contributed by atoms with Gasteiger partial charge in [-0.1, -0.05) is 0 Å². The van der Waals surface area contributed by atoms with E-state index >= 15 is 0 Å². The van der Waals surface area contributed by atoms with Crippen LogP contribution in [-0.4, -0.2) is 43.6 Å². The van der Waals surface area contributed by atoms with Crippen molar-refractivity contribution in [1.82, 2.24) is 29.9 Å². The summed E-state index contributed by atoms with van der Waals surface area (Å²) in [7, 11) is 1.56. The number of carbonyl (C=O) groups excluding carboxylic acids is 1. The van der Waals surface area contributed by atoms with Gasteiger partial charge in [0.15, 0.2) is 11.5 Å². The second-order valence-electron chi connectivity index (χ2n) is 5.76. The first-order chi connectivity index (χ1) is 11.8. The number of alkyl halides is 3. The zero-order valence-corrected chi connectivity index (χ0v) is 13.5. The second kappa shape index (κ2) is 6.82. The van der Waals surface area contributed by atoms with Crippen molar-refractivity contribution in [1.29, 1.82) is 0 Å². The number of nitrogens with one attached hydrogen (secondary N) is 1. The van der Waals surface area contributed by atoms with Crippen molar-refractivity contribution < 1.29 is 22.7 Å². The number of rotatable bonds is 5. The van der Waals surface area contributed by atoms with Crippen LogP contribution in [0.4, 0.5) is 13.2 Å². The third-order valence-electron chi connectivity index (χ3n) is 3.78. The molecule has 0 aromatic carbocycles. The minimum atomic E-state index is -4.52. The number of nitrogens with zero attached hydrogens (tertiary/aromatic N) is 5. The Balaban J connectivity index is 1.55. The molecule has 25 heavy (non-hydrogen) atoms. The SMILES string of the molecule is COCc1nc2n(n1)CC(NC(=O)Cn1ccc(C(F)(F)F)n1)CC2. The van der Waals surface area contributed by atoms with E-state index in [0.29, 0.717) is 31.8 Å². The molecular weight excluding hydrogens is 341 g/mol. The Morgan fingerprint density at radius 2 is 2.24 bits per heavy atom. The van der Waals surface area contributed by atoms with Gasteiger partial charge >= 0.3 is 6.18 Å². The second-order valence-corrected chi connectivity index (χ2v) is 5.76. The molecule has 2 aromatic heterocycles. The van der Waals surface area contributed by atoms with Gasteiger partial charge in [-0.05, 0) is 12.5 Å². The molecule has 0 spiro atoms. The lowest BCUT2D eigenvalue weighted by Crippen LogP contribution is -2.42. The quantitative estimate of drug-likeness (QED) is 0.853. The van der Waals surface area contributed by atoms with Crippen molar-refractivity contribution in [3.05, 3.63) is 29.6 Å². The van der Waals surface area contributed by atoms with Crippen LogP contribution < -0.4 is 5.32 Å². The summed E-state index contributed by atoms with van der Waals surface area (Å²) in [6, 6.07) is 0.683. The monoisotopic (exact) mass is 358 g/mol. The smallest absolute Gasteiger partial charge is 0.377 e. The van der Waals surface area contributed by atoms with Gasteiger partial charge in [0.2, 0.25) is 5.91 Å². The molecule has 0 fully saturated rings. The van der Waals surface area contributed by atoms with E-state index in [1.165, 1.54) is 0 Å². The van der Waals surface area contributed by atoms with Gasteiger partial charge in [-0.2, -0.15) is 23.4 Å². The molecule has 0 bridgehead atoms. The standard InChI is InChI=1S/C14H17F3N6O2/c1-25-8-11-19-12-3-2-9(6-23(12)21-11)18-13(24)7-22-5-4-10(20-22)14(15,16)17/h4-5,9H,2-3,6-8H2,1H3,(H,18,24). The fraction of sp³-hybridized carbons (Fsp3) is 0.571. The molecule has 1 unspecified atom stereocenters. The molecule has 0 aliphatic carbocycles. The summed E-state index contributed by atoms with van der Waals surface area (Å²) >= 11 is 0. The Bertz CT molecular complexity index is 754. The van der Waals surface area contributed by atoms with Gasteiger partial charge in [0.05, 0.1) is 6.54 Å². The van der Waals surface area contributed by atoms with Crippen LogP contribution in [0, 0.1) is 0 Å². The molecule has 1 N–H and O–H groups in total. The lowest BCUT2D eigenvalue weighted by atomic mass is 10.1. The average molecular weight is 358 g/mol. The van der Waals surface area contributed by atoms with Crippen LogP contribution in [0.15, 0.2) is 12.3 Å². The molecule has 1 atom stereocenters. The van der Waals surface area contributed by atoms with E-state index in [4.69, 9.17) is 4.74 Å². The predicted molar refractivity (Wildman–Crippen MR) is 78.2 cm³/mol. The first kappa shape index (κ1) is 17.4. The fourth-order valence-corrected chi connectivity index (χ4v) is 2.69. The van der Waals surface area contributed by atoms with Crippen LogP contribution in [0.25, 0.3) is 0 Å². The number of hydrogen-bond acceptors (Lipinski definition) is 5. The van der Waals surface area contributed by atoms with Gasteiger partial charge in [0.25, 0.3) is 0 Å². The minimum absolute atomic E-state index is 0.158. The van der Waals surface area contributed by atoms with Gasteiger partial charge in [-0.25, -0.2) is 9.67 Å². The number of hydrogen-bond donors (Lipinski definition) is 1. The largest absolute Gasteiger partial charge is 0.435 e. The topological polar surface area (TPSA) is 86.9 Å². The van der Waals surface area contributed by atoms with E-state index < -0.39 is 17.8 Å². The van der Waals surface area contributed by atoms with E-state index in [2.05, 4.69) is 20.5 Å². The molecule has 3 rings (SSSR count). The fourth-order valence-electron chi connectivity index (χ4n) is 2.69. The van der Waals surface area contributed by atoms with Crippen molar-refractivity contribution in [3.63, 3.8) is 0 Å². The molecule has 8 nitrogen and oxygen atoms in total. The highest BCUT2D eigenvalue weighted by Crippen LogP contribution is 2.27. The maximum atomic E-state index is 12.5. The minimum Gasteiger partial charge on any atom is -0.377 e. The summed E-state index contributed by atoms with van der Waals surface area (Å²) in [6.45, 7) is 0.508. The third kappa shape index (κ3) is 4.16. The van der Waals surface area contributed by atoms with Crippen molar-refractivity contribution >= 4 is 5.91 Å². The first-order valence-corrected chi connectivity index (χ1v) is 7.66. The zero-order chi connectivity index (χ0) is 18.0. The van der Waals surface area contributed by atoms with Gasteiger partial charge in [0.1, 0.15) is 19.0 Å². The molecule has 2 aromatic rings. The van der Waals surface area contributed by atoms with Gasteiger partial charge in [0, 0.05) is 25.8 Å². The van der Waals surface area contributed by atoms with Gasteiger partial charge < -0.3 is 10.1 Å². The zero-order valence-electron chi connectivity index (χ0n) is 13.5. The normalized spacial score (nSPS) is 17.4. The van der Waals surface area contributed by atoms with Crippen LogP contribution in [0.2, 0.25) is 0 Å². The van der Waals surface area contributed by atoms with E-state index in [0.717, 1.165) is 22.8 Å². The molecule has 0 radical (unpaired) electrons. The Kier molecular flexibility index (Phi) is 4.75. The first-order valence-electron chi connectivity index (χ1n) is 7.66. The lowest BCUT2D eigenvalue weighted by molar-refractivity contribution is -0.141. The van der Waals surface area contributed by atoms with E-state index in [9.17, 15) is 18.0 Å². The summed E-state index contributed by atoms with van der Waals surface area (Å²) in [5.74, 6) is 1.02. The predicted octanol–water partition coefficient (Wildman–Crippen LogP) is 0.771. The molecule has 0 saturated heterocycles. The van der Waals surface area contributed by atoms with Gasteiger partial charge in [-0.3, -0.25) is 9.48 Å². The Morgan fingerprint density at radius 1 is 1.44 bits per heavy atom. The van der Waals surface area contributed by atoms with Crippen molar-refractivity contribution in [3.8, 4) is 0 Å². The molecule has 1 aliphatic rings. The number of aryl methyl sites for hydroxylation is 1. The summed E-state index contributed by atoms with van der Waals surface area (Å²) < 4.78 is 45.2. The number of methoxy groups -OCH3 is 1. The lowest BCUT2D eigenvalue weighted by Gasteiger charge is -2.23. The number of fused-ring (bicyclic) bond motifs is 1. The summed E-state index contributed by atoms with van der Waals surface area (Å²) in [5, 5.41) is 10.5. The number of amides is 1. The van der Waals surface area contributed by atoms with E-state index in [-0.39, 0.29) is 12.6 Å². The Labute approximate surface area is 141 Å². The number of ether oxygens (including phenoxy) is 1. The van der Waals surface area contributed by atoms with E-state index in [1.807, 2.05) is 0 Å². The van der Waals surface area contributed by atoms with Crippen molar-refractivity contribution in [2.45, 2.75) is 44.8 Å². The molecule has 1 amide bonds. The molecule has 0 saturated carbocycles. The van der Waals surface area contributed by atoms with Crippen LogP contribution >= 0.6 is 0 Å². The Hall–Kier alpha value is -2.43. The summed E-state index contributed by atoms with van der Waals surface area (Å²) in [6.07, 6.45) is -2.05. The van der Waals surface area contributed by atoms with Gasteiger partial charge in [-0.15, -0.1) is 0 Å². The van der Waals surface area contributed by atoms with Crippen LogP contribution in [0.1, 0.15) is 23.8 Å². The van der Waals surface area contributed by atoms with Crippen LogP contribution in [0.5, 0.6) is 0 Å². The third-order valence-corrected chi connectivity index (χ3v) is 3.78. The molecule has 11 heteroatoms. The molecule has 3 heterocycles. The number of carbonyl (C=O) groups is 1. The van der Waals surface area contributed by atoms with Crippen molar-refractivity contribution in [2.75, 3.05) is 7.11 Å². The van der Waals surface area contributed by atoms with Crippen LogP contribution in [-0.2, 0) is 41.8 Å².